The molecule has 1 atom stereocenters. The first-order valence-electron chi connectivity index (χ1n) is 8.24. The van der Waals surface area contributed by atoms with Gasteiger partial charge in [0.25, 0.3) is 5.91 Å². The summed E-state index contributed by atoms with van der Waals surface area (Å²) in [7, 11) is 1.83. The summed E-state index contributed by atoms with van der Waals surface area (Å²) >= 11 is 0. The first-order chi connectivity index (χ1) is 12.5. The van der Waals surface area contributed by atoms with Crippen LogP contribution in [-0.2, 0) is 7.05 Å². The van der Waals surface area contributed by atoms with Gasteiger partial charge in [0.05, 0.1) is 11.7 Å². The molecule has 0 fully saturated rings. The van der Waals surface area contributed by atoms with Gasteiger partial charge in [-0.25, -0.2) is 0 Å². The number of fused-ring (bicyclic) bond motifs is 1. The Morgan fingerprint density at radius 3 is 2.59 bits per heavy atom. The molecule has 6 nitrogen and oxygen atoms in total. The molecule has 2 N–H and O–H groups in total. The molecular formula is C18H19F3N4O2. The molecule has 0 bridgehead atoms. The number of carbonyl (C=O) groups excluding carboxylic acids is 1. The number of ether oxygens (including phenoxy) is 1. The minimum absolute atomic E-state index is 0.250. The van der Waals surface area contributed by atoms with Gasteiger partial charge in [-0.05, 0) is 39.0 Å². The predicted molar refractivity (Wildman–Crippen MR) is 93.5 cm³/mol. The third-order valence-corrected chi connectivity index (χ3v) is 4.42. The van der Waals surface area contributed by atoms with E-state index in [1.165, 1.54) is 18.2 Å². The molecule has 0 unspecified atom stereocenters. The van der Waals surface area contributed by atoms with Crippen molar-refractivity contribution in [1.29, 1.82) is 0 Å². The van der Waals surface area contributed by atoms with Gasteiger partial charge in [0.15, 0.2) is 0 Å². The Morgan fingerprint density at radius 1 is 1.30 bits per heavy atom. The number of amides is 1. The highest BCUT2D eigenvalue weighted by molar-refractivity contribution is 5.98. The molecule has 0 aliphatic carbocycles. The Kier molecular flexibility index (Phi) is 4.63. The standard InChI is InChI=1S/C18H19F3N4O2/c1-9(16-10(2)24-25(4)11(16)3)22-17(26)15-7-12-5-6-13(8-14(12)23-15)27-18(19,20)21/h5-9,23H,1-4H3,(H,22,26)/t9-/m1/s1. The summed E-state index contributed by atoms with van der Waals surface area (Å²) in [6, 6.07) is 5.18. The van der Waals surface area contributed by atoms with Crippen LogP contribution in [-0.4, -0.2) is 27.0 Å². The van der Waals surface area contributed by atoms with Crippen LogP contribution in [0.25, 0.3) is 10.9 Å². The molecule has 2 aromatic heterocycles. The summed E-state index contributed by atoms with van der Waals surface area (Å²) < 4.78 is 42.7. The SMILES string of the molecule is Cc1nn(C)c(C)c1[C@@H](C)NC(=O)c1cc2ccc(OC(F)(F)F)cc2[nH]1. The third-order valence-electron chi connectivity index (χ3n) is 4.42. The second-order valence-corrected chi connectivity index (χ2v) is 6.38. The molecule has 144 valence electrons. The number of H-pyrrole nitrogens is 1. The summed E-state index contributed by atoms with van der Waals surface area (Å²) in [5, 5.41) is 7.83. The predicted octanol–water partition coefficient (Wildman–Crippen LogP) is 3.91. The Hall–Kier alpha value is -2.97. The fraction of sp³-hybridized carbons (Fsp3) is 0.333. The smallest absolute Gasteiger partial charge is 0.406 e. The Balaban J connectivity index is 1.81. The zero-order valence-electron chi connectivity index (χ0n) is 15.2. The first-order valence-corrected chi connectivity index (χ1v) is 8.24. The number of aryl methyl sites for hydroxylation is 2. The Morgan fingerprint density at radius 2 is 2.00 bits per heavy atom. The van der Waals surface area contributed by atoms with Crippen molar-refractivity contribution < 1.29 is 22.7 Å². The number of alkyl halides is 3. The number of nitrogens with one attached hydrogen (secondary N) is 2. The van der Waals surface area contributed by atoms with Gasteiger partial charge in [0, 0.05) is 35.3 Å². The molecule has 0 saturated heterocycles. The van der Waals surface area contributed by atoms with E-state index in [-0.39, 0.29) is 23.4 Å². The van der Waals surface area contributed by atoms with Gasteiger partial charge in [-0.2, -0.15) is 5.10 Å². The van der Waals surface area contributed by atoms with Gasteiger partial charge >= 0.3 is 6.36 Å². The van der Waals surface area contributed by atoms with Crippen LogP contribution < -0.4 is 10.1 Å². The van der Waals surface area contributed by atoms with Crippen LogP contribution in [0.15, 0.2) is 24.3 Å². The topological polar surface area (TPSA) is 71.9 Å². The molecule has 0 aliphatic rings. The van der Waals surface area contributed by atoms with Gasteiger partial charge < -0.3 is 15.0 Å². The van der Waals surface area contributed by atoms with Crippen molar-refractivity contribution in [3.63, 3.8) is 0 Å². The highest BCUT2D eigenvalue weighted by atomic mass is 19.4. The number of halogens is 3. The molecule has 3 rings (SSSR count). The monoisotopic (exact) mass is 380 g/mol. The Bertz CT molecular complexity index is 1000. The van der Waals surface area contributed by atoms with Gasteiger partial charge in [0.1, 0.15) is 11.4 Å². The van der Waals surface area contributed by atoms with Gasteiger partial charge in [-0.15, -0.1) is 13.2 Å². The molecule has 0 radical (unpaired) electrons. The average molecular weight is 380 g/mol. The highest BCUT2D eigenvalue weighted by Crippen LogP contribution is 2.27. The van der Waals surface area contributed by atoms with Crippen molar-refractivity contribution in [2.24, 2.45) is 7.05 Å². The maximum atomic E-state index is 12.6. The first kappa shape index (κ1) is 18.8. The Labute approximate surface area is 153 Å². The van der Waals surface area contributed by atoms with Gasteiger partial charge in [-0.1, -0.05) is 0 Å². The van der Waals surface area contributed by atoms with Crippen LogP contribution in [0.2, 0.25) is 0 Å². The van der Waals surface area contributed by atoms with Crippen LogP contribution in [0.3, 0.4) is 0 Å². The molecular weight excluding hydrogens is 361 g/mol. The van der Waals surface area contributed by atoms with Crippen molar-refractivity contribution >= 4 is 16.8 Å². The van der Waals surface area contributed by atoms with Crippen LogP contribution in [0, 0.1) is 13.8 Å². The van der Waals surface area contributed by atoms with Crippen molar-refractivity contribution in [2.45, 2.75) is 33.2 Å². The van der Waals surface area contributed by atoms with Crippen LogP contribution in [0.4, 0.5) is 13.2 Å². The maximum absolute atomic E-state index is 12.6. The molecule has 0 aliphatic heterocycles. The molecule has 0 spiro atoms. The number of aromatic amines is 1. The van der Waals surface area contributed by atoms with E-state index in [4.69, 9.17) is 0 Å². The number of rotatable bonds is 4. The number of carbonyl (C=O) groups is 1. The average Bonchev–Trinajstić information content (AvgIpc) is 3.06. The fourth-order valence-corrected chi connectivity index (χ4v) is 3.19. The molecule has 3 aromatic rings. The lowest BCUT2D eigenvalue weighted by atomic mass is 10.1. The highest BCUT2D eigenvalue weighted by Gasteiger charge is 2.31. The van der Waals surface area contributed by atoms with Gasteiger partial charge in [0.2, 0.25) is 0 Å². The van der Waals surface area contributed by atoms with Gasteiger partial charge in [-0.3, -0.25) is 9.48 Å². The summed E-state index contributed by atoms with van der Waals surface area (Å²) in [6.07, 6.45) is -4.77. The summed E-state index contributed by atoms with van der Waals surface area (Å²) in [5.74, 6) is -0.710. The van der Waals surface area contributed by atoms with E-state index in [9.17, 15) is 18.0 Å². The maximum Gasteiger partial charge on any atom is 0.573 e. The quantitative estimate of drug-likeness (QED) is 0.721. The summed E-state index contributed by atoms with van der Waals surface area (Å²) in [5.41, 5.74) is 3.34. The van der Waals surface area contributed by atoms with E-state index in [0.29, 0.717) is 10.9 Å². The van der Waals surface area contributed by atoms with Crippen LogP contribution >= 0.6 is 0 Å². The van der Waals surface area contributed by atoms with E-state index < -0.39 is 6.36 Å². The van der Waals surface area contributed by atoms with E-state index in [1.54, 1.807) is 10.7 Å². The molecule has 0 saturated carbocycles. The van der Waals surface area contributed by atoms with E-state index in [0.717, 1.165) is 17.0 Å². The molecule has 1 amide bonds. The molecule has 9 heteroatoms. The number of benzene rings is 1. The van der Waals surface area contributed by atoms with E-state index >= 15 is 0 Å². The van der Waals surface area contributed by atoms with Crippen molar-refractivity contribution in [3.05, 3.63) is 46.9 Å². The van der Waals surface area contributed by atoms with Crippen LogP contribution in [0.1, 0.15) is 40.4 Å². The number of hydrogen-bond donors (Lipinski definition) is 2. The number of hydrogen-bond acceptors (Lipinski definition) is 3. The zero-order chi connectivity index (χ0) is 19.9. The van der Waals surface area contributed by atoms with Crippen molar-refractivity contribution in [3.8, 4) is 5.75 Å². The number of aromatic nitrogens is 3. The largest absolute Gasteiger partial charge is 0.573 e. The number of nitrogens with zero attached hydrogens (tertiary/aromatic N) is 2. The second-order valence-electron chi connectivity index (χ2n) is 6.38. The van der Waals surface area contributed by atoms with Crippen molar-refractivity contribution in [2.75, 3.05) is 0 Å². The normalized spacial score (nSPS) is 13.0. The lowest BCUT2D eigenvalue weighted by molar-refractivity contribution is -0.274. The second kappa shape index (κ2) is 6.64. The third kappa shape index (κ3) is 3.91. The fourth-order valence-electron chi connectivity index (χ4n) is 3.19. The summed E-state index contributed by atoms with van der Waals surface area (Å²) in [4.78, 5) is 15.4. The molecule has 2 heterocycles. The van der Waals surface area contributed by atoms with Crippen LogP contribution in [0.5, 0.6) is 5.75 Å². The lowest BCUT2D eigenvalue weighted by Crippen LogP contribution is -2.27. The molecule has 1 aromatic carbocycles. The lowest BCUT2D eigenvalue weighted by Gasteiger charge is -2.14. The zero-order valence-corrected chi connectivity index (χ0v) is 15.2. The minimum Gasteiger partial charge on any atom is -0.406 e. The van der Waals surface area contributed by atoms with Crippen molar-refractivity contribution in [1.82, 2.24) is 20.1 Å². The summed E-state index contributed by atoms with van der Waals surface area (Å²) in [6.45, 7) is 5.64. The van der Waals surface area contributed by atoms with E-state index in [1.807, 2.05) is 27.8 Å². The molecule has 27 heavy (non-hydrogen) atoms. The van der Waals surface area contributed by atoms with E-state index in [2.05, 4.69) is 20.1 Å². The minimum atomic E-state index is -4.77.